The number of nitrogens with zero attached hydrogens (tertiary/aromatic N) is 1. The van der Waals surface area contributed by atoms with Gasteiger partial charge in [0.25, 0.3) is 0 Å². The fraction of sp³-hybridized carbons (Fsp3) is 0.625. The number of rotatable bonds is 4. The van der Waals surface area contributed by atoms with Crippen LogP contribution in [0.25, 0.3) is 0 Å². The van der Waals surface area contributed by atoms with Gasteiger partial charge >= 0.3 is 0 Å². The minimum absolute atomic E-state index is 0.520. The summed E-state index contributed by atoms with van der Waals surface area (Å²) in [6.07, 6.45) is 2.63. The monoisotopic (exact) mass is 276 g/mol. The normalized spacial score (nSPS) is 26.3. The van der Waals surface area contributed by atoms with Crippen LogP contribution in [0, 0.1) is 5.41 Å². The van der Waals surface area contributed by atoms with Crippen molar-refractivity contribution in [2.24, 2.45) is 5.41 Å². The first kappa shape index (κ1) is 13.7. The molecule has 0 saturated carbocycles. The molecule has 4 heteroatoms. The van der Waals surface area contributed by atoms with Gasteiger partial charge in [-0.15, -0.1) is 0 Å². The molecule has 2 saturated heterocycles. The van der Waals surface area contributed by atoms with Crippen LogP contribution in [0.4, 0.5) is 0 Å². The van der Waals surface area contributed by atoms with Crippen molar-refractivity contribution in [1.82, 2.24) is 10.2 Å². The molecule has 1 N–H and O–H groups in total. The summed E-state index contributed by atoms with van der Waals surface area (Å²) in [6.45, 7) is 5.68. The Hall–Kier alpha value is -1.26. The van der Waals surface area contributed by atoms with Gasteiger partial charge in [0.15, 0.2) is 0 Å². The van der Waals surface area contributed by atoms with Gasteiger partial charge in [-0.3, -0.25) is 4.90 Å². The zero-order chi connectivity index (χ0) is 14.0. The molecule has 0 aromatic heterocycles. The number of ether oxygens (including phenoxy) is 2. The Morgan fingerprint density at radius 1 is 1.25 bits per heavy atom. The van der Waals surface area contributed by atoms with Gasteiger partial charge in [-0.2, -0.15) is 0 Å². The maximum atomic E-state index is 5.48. The first-order valence-electron chi connectivity index (χ1n) is 7.39. The van der Waals surface area contributed by atoms with Crippen LogP contribution in [0.2, 0.25) is 0 Å². The van der Waals surface area contributed by atoms with E-state index in [0.29, 0.717) is 5.41 Å². The standard InChI is InChI=1S/C16H24N2O2/c1-19-14-3-4-15(20-2)13(9-14)10-18-8-6-16(12-18)5-7-17-11-16/h3-4,9,17H,5-8,10-12H2,1-2H3. The lowest BCUT2D eigenvalue weighted by molar-refractivity contribution is 0.265. The summed E-state index contributed by atoms with van der Waals surface area (Å²) in [5.41, 5.74) is 1.74. The van der Waals surface area contributed by atoms with Crippen LogP contribution in [0.1, 0.15) is 18.4 Å². The van der Waals surface area contributed by atoms with E-state index in [4.69, 9.17) is 9.47 Å². The van der Waals surface area contributed by atoms with E-state index < -0.39 is 0 Å². The topological polar surface area (TPSA) is 33.7 Å². The van der Waals surface area contributed by atoms with E-state index in [1.807, 2.05) is 12.1 Å². The summed E-state index contributed by atoms with van der Waals surface area (Å²) in [5, 5.41) is 3.51. The summed E-state index contributed by atoms with van der Waals surface area (Å²) >= 11 is 0. The SMILES string of the molecule is COc1ccc(OC)c(CN2CCC3(CCNC3)C2)c1. The molecule has 4 nitrogen and oxygen atoms in total. The number of hydrogen-bond acceptors (Lipinski definition) is 4. The molecule has 0 bridgehead atoms. The lowest BCUT2D eigenvalue weighted by Crippen LogP contribution is -2.29. The number of hydrogen-bond donors (Lipinski definition) is 1. The first-order valence-corrected chi connectivity index (χ1v) is 7.39. The molecule has 2 heterocycles. The van der Waals surface area contributed by atoms with Gasteiger partial charge in [-0.1, -0.05) is 0 Å². The zero-order valence-electron chi connectivity index (χ0n) is 12.4. The second-order valence-electron chi connectivity index (χ2n) is 6.07. The Kier molecular flexibility index (Phi) is 3.85. The van der Waals surface area contributed by atoms with Crippen LogP contribution in [0.3, 0.4) is 0 Å². The van der Waals surface area contributed by atoms with Crippen LogP contribution in [-0.2, 0) is 6.54 Å². The molecule has 1 aromatic rings. The summed E-state index contributed by atoms with van der Waals surface area (Å²) in [5.74, 6) is 1.86. The van der Waals surface area contributed by atoms with Crippen molar-refractivity contribution in [3.63, 3.8) is 0 Å². The van der Waals surface area contributed by atoms with E-state index in [2.05, 4.69) is 16.3 Å². The lowest BCUT2D eigenvalue weighted by Gasteiger charge is -2.23. The molecule has 1 unspecified atom stereocenters. The molecule has 0 amide bonds. The quantitative estimate of drug-likeness (QED) is 0.910. The smallest absolute Gasteiger partial charge is 0.123 e. The summed E-state index contributed by atoms with van der Waals surface area (Å²) in [7, 11) is 3.44. The highest BCUT2D eigenvalue weighted by molar-refractivity contribution is 5.40. The molecule has 110 valence electrons. The predicted molar refractivity (Wildman–Crippen MR) is 79.4 cm³/mol. The van der Waals surface area contributed by atoms with Crippen LogP contribution in [0.5, 0.6) is 11.5 Å². The van der Waals surface area contributed by atoms with E-state index >= 15 is 0 Å². The van der Waals surface area contributed by atoms with E-state index in [0.717, 1.165) is 18.0 Å². The molecule has 20 heavy (non-hydrogen) atoms. The average Bonchev–Trinajstić information content (AvgIpc) is 3.09. The summed E-state index contributed by atoms with van der Waals surface area (Å²) < 4.78 is 10.8. The molecule has 2 aliphatic rings. The van der Waals surface area contributed by atoms with Crippen molar-refractivity contribution in [2.75, 3.05) is 40.4 Å². The molecule has 1 atom stereocenters. The number of methoxy groups -OCH3 is 2. The van der Waals surface area contributed by atoms with Crippen LogP contribution >= 0.6 is 0 Å². The summed E-state index contributed by atoms with van der Waals surface area (Å²) in [4.78, 5) is 2.55. The van der Waals surface area contributed by atoms with Crippen molar-refractivity contribution in [3.8, 4) is 11.5 Å². The van der Waals surface area contributed by atoms with E-state index in [1.165, 1.54) is 44.6 Å². The van der Waals surface area contributed by atoms with Crippen molar-refractivity contribution in [2.45, 2.75) is 19.4 Å². The number of nitrogens with one attached hydrogen (secondary N) is 1. The number of likely N-dealkylation sites (tertiary alicyclic amines) is 1. The third-order valence-corrected chi connectivity index (χ3v) is 4.73. The van der Waals surface area contributed by atoms with E-state index in [9.17, 15) is 0 Å². The van der Waals surface area contributed by atoms with Gasteiger partial charge in [0.1, 0.15) is 11.5 Å². The molecular weight excluding hydrogens is 252 g/mol. The second-order valence-corrected chi connectivity index (χ2v) is 6.07. The third-order valence-electron chi connectivity index (χ3n) is 4.73. The van der Waals surface area contributed by atoms with Crippen molar-refractivity contribution < 1.29 is 9.47 Å². The fourth-order valence-electron chi connectivity index (χ4n) is 3.55. The van der Waals surface area contributed by atoms with Gasteiger partial charge in [0.2, 0.25) is 0 Å². The average molecular weight is 276 g/mol. The van der Waals surface area contributed by atoms with E-state index in [1.54, 1.807) is 14.2 Å². The second kappa shape index (κ2) is 5.62. The number of benzene rings is 1. The first-order chi connectivity index (χ1) is 9.74. The van der Waals surface area contributed by atoms with E-state index in [-0.39, 0.29) is 0 Å². The molecule has 2 fully saturated rings. The minimum Gasteiger partial charge on any atom is -0.497 e. The Morgan fingerprint density at radius 3 is 2.85 bits per heavy atom. The Morgan fingerprint density at radius 2 is 2.15 bits per heavy atom. The van der Waals surface area contributed by atoms with Crippen molar-refractivity contribution in [1.29, 1.82) is 0 Å². The molecule has 1 aromatic carbocycles. The van der Waals surface area contributed by atoms with Crippen LogP contribution in [0.15, 0.2) is 18.2 Å². The van der Waals surface area contributed by atoms with Gasteiger partial charge in [-0.05, 0) is 49.5 Å². The highest BCUT2D eigenvalue weighted by Gasteiger charge is 2.40. The van der Waals surface area contributed by atoms with Gasteiger partial charge in [-0.25, -0.2) is 0 Å². The Balaban J connectivity index is 1.71. The largest absolute Gasteiger partial charge is 0.497 e. The Labute approximate surface area is 121 Å². The zero-order valence-corrected chi connectivity index (χ0v) is 12.4. The lowest BCUT2D eigenvalue weighted by atomic mass is 9.86. The van der Waals surface area contributed by atoms with Crippen LogP contribution < -0.4 is 14.8 Å². The fourth-order valence-corrected chi connectivity index (χ4v) is 3.55. The molecule has 2 aliphatic heterocycles. The van der Waals surface area contributed by atoms with Gasteiger partial charge < -0.3 is 14.8 Å². The highest BCUT2D eigenvalue weighted by atomic mass is 16.5. The van der Waals surface area contributed by atoms with Crippen molar-refractivity contribution >= 4 is 0 Å². The van der Waals surface area contributed by atoms with Gasteiger partial charge in [0, 0.05) is 25.2 Å². The summed E-state index contributed by atoms with van der Waals surface area (Å²) in [6, 6.07) is 6.04. The highest BCUT2D eigenvalue weighted by Crippen LogP contribution is 2.37. The van der Waals surface area contributed by atoms with Crippen LogP contribution in [-0.4, -0.2) is 45.3 Å². The molecule has 0 radical (unpaired) electrons. The molecule has 0 aliphatic carbocycles. The molecule has 1 spiro atoms. The maximum Gasteiger partial charge on any atom is 0.123 e. The van der Waals surface area contributed by atoms with Gasteiger partial charge in [0.05, 0.1) is 14.2 Å². The minimum atomic E-state index is 0.520. The molecule has 3 rings (SSSR count). The van der Waals surface area contributed by atoms with Crippen molar-refractivity contribution in [3.05, 3.63) is 23.8 Å². The Bertz CT molecular complexity index is 470. The predicted octanol–water partition coefficient (Wildman–Crippen LogP) is 1.89. The molecular formula is C16H24N2O2. The maximum absolute atomic E-state index is 5.48. The third kappa shape index (κ3) is 2.63.